The van der Waals surface area contributed by atoms with E-state index < -0.39 is 5.97 Å². The van der Waals surface area contributed by atoms with Gasteiger partial charge in [-0.1, -0.05) is 25.4 Å². The average molecular weight is 343 g/mol. The molecule has 6 nitrogen and oxygen atoms in total. The number of carboxylic acids is 1. The van der Waals surface area contributed by atoms with Gasteiger partial charge in [-0.05, 0) is 30.2 Å². The topological polar surface area (TPSA) is 80.4 Å². The fraction of sp³-hybridized carbons (Fsp3) is 0.176. The molecule has 0 atom stereocenters. The number of aromatic carboxylic acids is 1. The molecule has 24 heavy (non-hydrogen) atoms. The van der Waals surface area contributed by atoms with Gasteiger partial charge in [0.1, 0.15) is 5.65 Å². The first-order valence-corrected chi connectivity index (χ1v) is 7.74. The Bertz CT molecular complexity index is 947. The van der Waals surface area contributed by atoms with Crippen molar-refractivity contribution in [3.05, 3.63) is 58.5 Å². The summed E-state index contributed by atoms with van der Waals surface area (Å²) < 4.78 is 1.83. The molecular formula is C17H15ClN4O2. The van der Waals surface area contributed by atoms with E-state index in [1.165, 1.54) is 6.20 Å². The van der Waals surface area contributed by atoms with Crippen molar-refractivity contribution in [2.45, 2.75) is 19.8 Å². The Kier molecular flexibility index (Phi) is 4.31. The Morgan fingerprint density at radius 2 is 2.04 bits per heavy atom. The summed E-state index contributed by atoms with van der Waals surface area (Å²) in [7, 11) is 0. The number of fused-ring (bicyclic) bond motifs is 1. The van der Waals surface area contributed by atoms with Gasteiger partial charge in [0.25, 0.3) is 0 Å². The van der Waals surface area contributed by atoms with Crippen molar-refractivity contribution in [1.82, 2.24) is 19.4 Å². The van der Waals surface area contributed by atoms with E-state index in [0.29, 0.717) is 16.5 Å². The van der Waals surface area contributed by atoms with Crippen LogP contribution in [0, 0.1) is 0 Å². The molecule has 0 amide bonds. The fourth-order valence-electron chi connectivity index (χ4n) is 2.32. The molecule has 3 aromatic rings. The zero-order chi connectivity index (χ0) is 17.3. The van der Waals surface area contributed by atoms with Crippen LogP contribution in [-0.2, 0) is 0 Å². The fourth-order valence-corrected chi connectivity index (χ4v) is 2.49. The van der Waals surface area contributed by atoms with Gasteiger partial charge >= 0.3 is 5.97 Å². The third-order valence-electron chi connectivity index (χ3n) is 3.45. The number of hydrogen-bond donors (Lipinski definition) is 1. The van der Waals surface area contributed by atoms with Crippen molar-refractivity contribution in [3.8, 4) is 0 Å². The number of halogens is 1. The van der Waals surface area contributed by atoms with Gasteiger partial charge in [-0.15, -0.1) is 0 Å². The van der Waals surface area contributed by atoms with Crippen LogP contribution in [0.3, 0.4) is 0 Å². The Labute approximate surface area is 143 Å². The first kappa shape index (κ1) is 16.1. The average Bonchev–Trinajstić information content (AvgIpc) is 2.94. The number of rotatable bonds is 4. The van der Waals surface area contributed by atoms with E-state index in [9.17, 15) is 9.90 Å². The number of imidazole rings is 1. The van der Waals surface area contributed by atoms with Crippen LogP contribution < -0.4 is 0 Å². The second kappa shape index (κ2) is 6.41. The zero-order valence-corrected chi connectivity index (χ0v) is 13.9. The molecule has 3 rings (SSSR count). The minimum Gasteiger partial charge on any atom is -0.478 e. The van der Waals surface area contributed by atoms with Gasteiger partial charge < -0.3 is 9.51 Å². The summed E-state index contributed by atoms with van der Waals surface area (Å²) in [6, 6.07) is 3.61. The molecule has 0 spiro atoms. The van der Waals surface area contributed by atoms with Crippen LogP contribution in [0.25, 0.3) is 17.8 Å². The SMILES string of the molecule is CC(C)c1nc(/C=C/c2cn3cc(Cl)ccc3n2)ncc1C(=O)O. The van der Waals surface area contributed by atoms with E-state index in [0.717, 1.165) is 11.3 Å². The first-order valence-electron chi connectivity index (χ1n) is 7.36. The van der Waals surface area contributed by atoms with Gasteiger partial charge in [0.2, 0.25) is 0 Å². The van der Waals surface area contributed by atoms with Crippen LogP contribution in [0.2, 0.25) is 5.02 Å². The van der Waals surface area contributed by atoms with Gasteiger partial charge in [0, 0.05) is 18.6 Å². The molecule has 0 aliphatic rings. The van der Waals surface area contributed by atoms with Crippen molar-refractivity contribution in [2.75, 3.05) is 0 Å². The van der Waals surface area contributed by atoms with Crippen molar-refractivity contribution in [1.29, 1.82) is 0 Å². The maximum atomic E-state index is 11.2. The highest BCUT2D eigenvalue weighted by Gasteiger charge is 2.15. The third kappa shape index (κ3) is 3.28. The maximum absolute atomic E-state index is 11.2. The molecule has 3 heterocycles. The predicted molar refractivity (Wildman–Crippen MR) is 92.2 cm³/mol. The third-order valence-corrected chi connectivity index (χ3v) is 3.67. The van der Waals surface area contributed by atoms with Gasteiger partial charge in [-0.25, -0.2) is 19.7 Å². The first-order chi connectivity index (χ1) is 11.4. The molecule has 0 bridgehead atoms. The number of pyridine rings is 1. The van der Waals surface area contributed by atoms with Gasteiger partial charge in [0.05, 0.1) is 22.0 Å². The van der Waals surface area contributed by atoms with Gasteiger partial charge in [0.15, 0.2) is 5.82 Å². The molecule has 0 aromatic carbocycles. The molecule has 0 unspecified atom stereocenters. The summed E-state index contributed by atoms with van der Waals surface area (Å²) in [5.74, 6) is -0.589. The normalized spacial score (nSPS) is 11.7. The summed E-state index contributed by atoms with van der Waals surface area (Å²) in [6.45, 7) is 3.79. The molecule has 0 fully saturated rings. The van der Waals surface area contributed by atoms with Crippen LogP contribution in [0.5, 0.6) is 0 Å². The van der Waals surface area contributed by atoms with Crippen LogP contribution in [0.15, 0.2) is 30.7 Å². The number of carboxylic acid groups (broad SMARTS) is 1. The van der Waals surface area contributed by atoms with Crippen LogP contribution in [0.4, 0.5) is 0 Å². The van der Waals surface area contributed by atoms with E-state index in [4.69, 9.17) is 11.6 Å². The molecule has 1 N–H and O–H groups in total. The monoisotopic (exact) mass is 342 g/mol. The minimum absolute atomic E-state index is 0.0106. The van der Waals surface area contributed by atoms with Crippen LogP contribution in [-0.4, -0.2) is 30.4 Å². The molecule has 0 radical (unpaired) electrons. The predicted octanol–water partition coefficient (Wildman–Crippen LogP) is 3.77. The van der Waals surface area contributed by atoms with E-state index in [1.54, 1.807) is 24.4 Å². The Morgan fingerprint density at radius 3 is 2.75 bits per heavy atom. The molecule has 0 saturated heterocycles. The lowest BCUT2D eigenvalue weighted by Crippen LogP contribution is -2.08. The number of nitrogens with zero attached hydrogens (tertiary/aromatic N) is 4. The summed E-state index contributed by atoms with van der Waals surface area (Å²) in [6.07, 6.45) is 8.44. The molecule has 122 valence electrons. The van der Waals surface area contributed by atoms with E-state index in [1.807, 2.05) is 30.5 Å². The standard InChI is InChI=1S/C17H15ClN4O2/c1-10(2)16-13(17(23)24)7-19-14(21-16)5-4-12-9-22-8-11(18)3-6-15(22)20-12/h3-10H,1-2H3,(H,23,24)/b5-4+. The lowest BCUT2D eigenvalue weighted by atomic mass is 10.1. The second-order valence-corrected chi connectivity index (χ2v) is 6.04. The van der Waals surface area contributed by atoms with E-state index in [-0.39, 0.29) is 11.5 Å². The number of carbonyl (C=O) groups is 1. The lowest BCUT2D eigenvalue weighted by Gasteiger charge is -2.08. The lowest BCUT2D eigenvalue weighted by molar-refractivity contribution is 0.0694. The van der Waals surface area contributed by atoms with E-state index in [2.05, 4.69) is 15.0 Å². The Hall–Kier alpha value is -2.73. The smallest absolute Gasteiger partial charge is 0.339 e. The largest absolute Gasteiger partial charge is 0.478 e. The summed E-state index contributed by atoms with van der Waals surface area (Å²) in [4.78, 5) is 24.1. The molecule has 0 saturated carbocycles. The summed E-state index contributed by atoms with van der Waals surface area (Å²) in [5, 5.41) is 9.82. The van der Waals surface area contributed by atoms with Crippen LogP contribution >= 0.6 is 11.6 Å². The maximum Gasteiger partial charge on any atom is 0.339 e. The zero-order valence-electron chi connectivity index (χ0n) is 13.1. The highest BCUT2D eigenvalue weighted by Crippen LogP contribution is 2.18. The molecule has 7 heteroatoms. The number of aromatic nitrogens is 4. The van der Waals surface area contributed by atoms with Crippen molar-refractivity contribution < 1.29 is 9.90 Å². The molecular weight excluding hydrogens is 328 g/mol. The summed E-state index contributed by atoms with van der Waals surface area (Å²) in [5.41, 5.74) is 2.15. The van der Waals surface area contributed by atoms with Gasteiger partial charge in [-0.3, -0.25) is 0 Å². The highest BCUT2D eigenvalue weighted by atomic mass is 35.5. The minimum atomic E-state index is -1.02. The van der Waals surface area contributed by atoms with Crippen molar-refractivity contribution >= 4 is 35.4 Å². The Balaban J connectivity index is 1.92. The van der Waals surface area contributed by atoms with E-state index >= 15 is 0 Å². The molecule has 0 aliphatic heterocycles. The summed E-state index contributed by atoms with van der Waals surface area (Å²) >= 11 is 5.95. The van der Waals surface area contributed by atoms with Crippen molar-refractivity contribution in [3.63, 3.8) is 0 Å². The number of hydrogen-bond acceptors (Lipinski definition) is 4. The Morgan fingerprint density at radius 1 is 1.25 bits per heavy atom. The van der Waals surface area contributed by atoms with Crippen molar-refractivity contribution in [2.24, 2.45) is 0 Å². The highest BCUT2D eigenvalue weighted by molar-refractivity contribution is 6.30. The second-order valence-electron chi connectivity index (χ2n) is 5.60. The molecule has 3 aromatic heterocycles. The quantitative estimate of drug-likeness (QED) is 0.780. The molecule has 0 aliphatic carbocycles. The van der Waals surface area contributed by atoms with Crippen LogP contribution in [0.1, 0.15) is 47.3 Å². The van der Waals surface area contributed by atoms with Gasteiger partial charge in [-0.2, -0.15) is 0 Å².